The van der Waals surface area contributed by atoms with E-state index in [9.17, 15) is 5.11 Å². The molecule has 5 nitrogen and oxygen atoms in total. The van der Waals surface area contributed by atoms with Crippen molar-refractivity contribution in [1.29, 1.82) is 0 Å². The van der Waals surface area contributed by atoms with Gasteiger partial charge in [-0.1, -0.05) is 33.1 Å². The summed E-state index contributed by atoms with van der Waals surface area (Å²) in [6.45, 7) is 8.59. The number of nitrogens with zero attached hydrogens (tertiary/aromatic N) is 1. The van der Waals surface area contributed by atoms with Gasteiger partial charge in [0.2, 0.25) is 0 Å². The van der Waals surface area contributed by atoms with Crippen molar-refractivity contribution in [2.75, 3.05) is 19.7 Å². The second-order valence-corrected chi connectivity index (χ2v) is 8.37. The normalized spacial score (nSPS) is 30.6. The molecule has 2 saturated carbocycles. The minimum atomic E-state index is -0.668. The van der Waals surface area contributed by atoms with Crippen LogP contribution < -0.4 is 10.6 Å². The Kier molecular flexibility index (Phi) is 5.94. The summed E-state index contributed by atoms with van der Waals surface area (Å²) in [5.74, 6) is 1.50. The first-order chi connectivity index (χ1) is 12.1. The highest BCUT2D eigenvalue weighted by Crippen LogP contribution is 2.62. The van der Waals surface area contributed by atoms with Crippen LogP contribution in [0.2, 0.25) is 0 Å². The molecule has 3 unspecified atom stereocenters. The molecule has 1 aliphatic heterocycles. The first-order valence-corrected chi connectivity index (χ1v) is 10.5. The van der Waals surface area contributed by atoms with Gasteiger partial charge in [-0.15, -0.1) is 0 Å². The van der Waals surface area contributed by atoms with Crippen molar-refractivity contribution >= 4 is 5.96 Å². The van der Waals surface area contributed by atoms with Crippen molar-refractivity contribution in [3.63, 3.8) is 0 Å². The summed E-state index contributed by atoms with van der Waals surface area (Å²) in [7, 11) is 0. The molecule has 3 rings (SSSR count). The van der Waals surface area contributed by atoms with Crippen molar-refractivity contribution < 1.29 is 9.84 Å². The van der Waals surface area contributed by atoms with Gasteiger partial charge in [0, 0.05) is 30.5 Å². The van der Waals surface area contributed by atoms with E-state index in [1.165, 1.54) is 25.7 Å². The highest BCUT2D eigenvalue weighted by molar-refractivity contribution is 5.80. The van der Waals surface area contributed by atoms with Gasteiger partial charge < -0.3 is 20.5 Å². The lowest BCUT2D eigenvalue weighted by Crippen LogP contribution is -2.72. The van der Waals surface area contributed by atoms with E-state index in [1.54, 1.807) is 0 Å². The fourth-order valence-electron chi connectivity index (χ4n) is 5.36. The Balaban J connectivity index is 1.66. The molecule has 0 aromatic rings. The average molecular weight is 352 g/mol. The van der Waals surface area contributed by atoms with Crippen LogP contribution in [0.25, 0.3) is 0 Å². The zero-order valence-electron chi connectivity index (χ0n) is 16.3. The third-order valence-corrected chi connectivity index (χ3v) is 6.63. The van der Waals surface area contributed by atoms with Crippen LogP contribution in [0.15, 0.2) is 4.99 Å². The van der Waals surface area contributed by atoms with Gasteiger partial charge in [-0.05, 0) is 39.0 Å². The van der Waals surface area contributed by atoms with E-state index >= 15 is 0 Å². The lowest BCUT2D eigenvalue weighted by Gasteiger charge is -2.63. The van der Waals surface area contributed by atoms with Crippen molar-refractivity contribution in [2.24, 2.45) is 16.3 Å². The smallest absolute Gasteiger partial charge is 0.191 e. The topological polar surface area (TPSA) is 65.9 Å². The van der Waals surface area contributed by atoms with Crippen LogP contribution in [0.4, 0.5) is 0 Å². The molecular formula is C20H37N3O2. The van der Waals surface area contributed by atoms with Gasteiger partial charge in [0.15, 0.2) is 5.96 Å². The van der Waals surface area contributed by atoms with Gasteiger partial charge in [0.1, 0.15) is 0 Å². The molecule has 1 saturated heterocycles. The summed E-state index contributed by atoms with van der Waals surface area (Å²) in [6.07, 6.45) is 9.13. The minimum Gasteiger partial charge on any atom is -0.388 e. The highest BCUT2D eigenvalue weighted by Gasteiger charge is 2.66. The van der Waals surface area contributed by atoms with Crippen molar-refractivity contribution in [3.8, 4) is 0 Å². The number of guanidine groups is 1. The lowest BCUT2D eigenvalue weighted by atomic mass is 9.46. The first kappa shape index (κ1) is 19.0. The van der Waals surface area contributed by atoms with E-state index in [4.69, 9.17) is 9.73 Å². The van der Waals surface area contributed by atoms with Crippen molar-refractivity contribution in [3.05, 3.63) is 0 Å². The summed E-state index contributed by atoms with van der Waals surface area (Å²) in [6, 6.07) is 0.483. The first-order valence-electron chi connectivity index (χ1n) is 10.5. The van der Waals surface area contributed by atoms with Crippen LogP contribution in [-0.2, 0) is 4.74 Å². The summed E-state index contributed by atoms with van der Waals surface area (Å²) in [5, 5.41) is 18.0. The molecule has 1 heterocycles. The zero-order chi connectivity index (χ0) is 17.9. The zero-order valence-corrected chi connectivity index (χ0v) is 16.3. The number of aliphatic imine (C=N–C) groups is 1. The molecule has 5 heteroatoms. The van der Waals surface area contributed by atoms with Crippen molar-refractivity contribution in [1.82, 2.24) is 10.6 Å². The molecule has 2 aliphatic carbocycles. The average Bonchev–Trinajstić information content (AvgIpc) is 2.94. The van der Waals surface area contributed by atoms with E-state index in [0.29, 0.717) is 30.0 Å². The van der Waals surface area contributed by atoms with Crippen LogP contribution in [0.5, 0.6) is 0 Å². The van der Waals surface area contributed by atoms with Crippen LogP contribution in [0.1, 0.15) is 72.1 Å². The predicted octanol–water partition coefficient (Wildman–Crippen LogP) is 2.83. The van der Waals surface area contributed by atoms with Crippen LogP contribution in [-0.4, -0.2) is 48.5 Å². The molecule has 3 atom stereocenters. The Morgan fingerprint density at radius 1 is 1.24 bits per heavy atom. The van der Waals surface area contributed by atoms with Crippen LogP contribution >= 0.6 is 0 Å². The standard InChI is InChI=1S/C20H37N3O2/c1-4-9-19(24,10-5-2)14-22-18(21-6-3)23-16-15-8-13-25-17(15)20(16)11-7-12-20/h15-17,24H,4-14H2,1-3H3,(H2,21,22,23). The maximum Gasteiger partial charge on any atom is 0.191 e. The van der Waals surface area contributed by atoms with Crippen LogP contribution in [0.3, 0.4) is 0 Å². The number of fused-ring (bicyclic) bond motifs is 2. The molecule has 1 spiro atoms. The molecule has 3 N–H and O–H groups in total. The third-order valence-electron chi connectivity index (χ3n) is 6.63. The Hall–Kier alpha value is -0.810. The Labute approximate surface area is 153 Å². The summed E-state index contributed by atoms with van der Waals surface area (Å²) >= 11 is 0. The number of hydrogen-bond acceptors (Lipinski definition) is 3. The number of ether oxygens (including phenoxy) is 1. The van der Waals surface area contributed by atoms with E-state index in [1.807, 2.05) is 0 Å². The maximum atomic E-state index is 10.9. The summed E-state index contributed by atoms with van der Waals surface area (Å²) in [4.78, 5) is 4.79. The molecule has 0 amide bonds. The van der Waals surface area contributed by atoms with E-state index in [2.05, 4.69) is 31.4 Å². The largest absolute Gasteiger partial charge is 0.388 e. The van der Waals surface area contributed by atoms with Gasteiger partial charge in [-0.2, -0.15) is 0 Å². The number of rotatable bonds is 8. The Morgan fingerprint density at radius 3 is 2.52 bits per heavy atom. The minimum absolute atomic E-state index is 0.348. The van der Waals surface area contributed by atoms with Gasteiger partial charge in [0.25, 0.3) is 0 Å². The predicted molar refractivity (Wildman–Crippen MR) is 102 cm³/mol. The van der Waals surface area contributed by atoms with Gasteiger partial charge in [-0.25, -0.2) is 0 Å². The second kappa shape index (κ2) is 7.83. The molecule has 0 aromatic carbocycles. The fourth-order valence-corrected chi connectivity index (χ4v) is 5.36. The van der Waals surface area contributed by atoms with E-state index in [0.717, 1.165) is 44.8 Å². The Bertz CT molecular complexity index is 470. The van der Waals surface area contributed by atoms with E-state index < -0.39 is 5.60 Å². The summed E-state index contributed by atoms with van der Waals surface area (Å²) in [5.41, 5.74) is -0.320. The number of hydrogen-bond donors (Lipinski definition) is 3. The van der Waals surface area contributed by atoms with Gasteiger partial charge in [-0.3, -0.25) is 4.99 Å². The second-order valence-electron chi connectivity index (χ2n) is 8.37. The SMILES string of the molecule is CCCC(O)(CCC)CN=C(NCC)NC1C2CCOC2C12CCC2. The molecule has 3 fully saturated rings. The number of nitrogens with one attached hydrogen (secondary N) is 2. The quantitative estimate of drug-likeness (QED) is 0.465. The fraction of sp³-hybridized carbons (Fsp3) is 0.950. The molecule has 3 aliphatic rings. The summed E-state index contributed by atoms with van der Waals surface area (Å²) < 4.78 is 6.02. The van der Waals surface area contributed by atoms with E-state index in [-0.39, 0.29) is 0 Å². The molecule has 0 radical (unpaired) electrons. The molecule has 0 aromatic heterocycles. The molecular weight excluding hydrogens is 314 g/mol. The monoisotopic (exact) mass is 351 g/mol. The molecule has 144 valence electrons. The van der Waals surface area contributed by atoms with Crippen molar-refractivity contribution in [2.45, 2.75) is 89.9 Å². The Morgan fingerprint density at radius 2 is 1.96 bits per heavy atom. The van der Waals surface area contributed by atoms with Gasteiger partial charge in [0.05, 0.1) is 18.2 Å². The number of aliphatic hydroxyl groups is 1. The molecule has 0 bridgehead atoms. The third kappa shape index (κ3) is 3.55. The lowest BCUT2D eigenvalue weighted by molar-refractivity contribution is -0.171. The molecule has 25 heavy (non-hydrogen) atoms. The van der Waals surface area contributed by atoms with Crippen LogP contribution in [0, 0.1) is 11.3 Å². The maximum absolute atomic E-state index is 10.9. The van der Waals surface area contributed by atoms with Gasteiger partial charge >= 0.3 is 0 Å². The highest BCUT2D eigenvalue weighted by atomic mass is 16.5.